The average Bonchev–Trinajstić information content (AvgIpc) is 3.01. The molecular formula is C17H15N3OS. The maximum Gasteiger partial charge on any atom is 0.191 e. The van der Waals surface area contributed by atoms with Crippen molar-refractivity contribution in [1.29, 1.82) is 0 Å². The summed E-state index contributed by atoms with van der Waals surface area (Å²) in [5, 5.41) is 4.55. The van der Waals surface area contributed by atoms with Crippen LogP contribution in [0.2, 0.25) is 0 Å². The summed E-state index contributed by atoms with van der Waals surface area (Å²) in [4.78, 5) is 0. The topological polar surface area (TPSA) is 53.1 Å². The van der Waals surface area contributed by atoms with Crippen LogP contribution < -0.4 is 10.5 Å². The molecule has 0 saturated carbocycles. The second-order valence-electron chi connectivity index (χ2n) is 4.75. The molecule has 22 heavy (non-hydrogen) atoms. The Labute approximate surface area is 134 Å². The summed E-state index contributed by atoms with van der Waals surface area (Å²) in [6, 6.07) is 17.8. The van der Waals surface area contributed by atoms with Gasteiger partial charge in [0.1, 0.15) is 5.75 Å². The van der Waals surface area contributed by atoms with Crippen LogP contribution in [0.1, 0.15) is 0 Å². The Bertz CT molecular complexity index is 795. The summed E-state index contributed by atoms with van der Waals surface area (Å²) in [6.45, 7) is 0. The van der Waals surface area contributed by atoms with Crippen LogP contribution >= 0.6 is 12.2 Å². The fourth-order valence-corrected chi connectivity index (χ4v) is 2.51. The van der Waals surface area contributed by atoms with Gasteiger partial charge in [0, 0.05) is 11.1 Å². The molecule has 2 aromatic carbocycles. The van der Waals surface area contributed by atoms with Crippen LogP contribution in [0.5, 0.6) is 5.75 Å². The molecule has 0 atom stereocenters. The van der Waals surface area contributed by atoms with E-state index in [4.69, 9.17) is 22.7 Å². The molecule has 110 valence electrons. The summed E-state index contributed by atoms with van der Waals surface area (Å²) in [7, 11) is 1.65. The van der Waals surface area contributed by atoms with Gasteiger partial charge in [-0.2, -0.15) is 5.10 Å². The Morgan fingerprint density at radius 3 is 2.32 bits per heavy atom. The Morgan fingerprint density at radius 2 is 1.73 bits per heavy atom. The summed E-state index contributed by atoms with van der Waals surface area (Å²) in [6.07, 6.45) is 1.78. The van der Waals surface area contributed by atoms with E-state index in [-0.39, 0.29) is 5.11 Å². The molecular weight excluding hydrogens is 294 g/mol. The van der Waals surface area contributed by atoms with E-state index in [1.165, 1.54) is 0 Å². The third-order valence-corrected chi connectivity index (χ3v) is 3.60. The smallest absolute Gasteiger partial charge is 0.191 e. The Kier molecular flexibility index (Phi) is 3.89. The van der Waals surface area contributed by atoms with Crippen molar-refractivity contribution >= 4 is 17.3 Å². The number of methoxy groups -OCH3 is 1. The van der Waals surface area contributed by atoms with E-state index in [2.05, 4.69) is 5.10 Å². The minimum absolute atomic E-state index is 0.221. The number of nitrogens with zero attached hydrogens (tertiary/aromatic N) is 2. The molecule has 2 N–H and O–H groups in total. The highest BCUT2D eigenvalue weighted by Crippen LogP contribution is 2.32. The number of hydrogen-bond acceptors (Lipinski definition) is 3. The zero-order chi connectivity index (χ0) is 15.5. The molecule has 0 radical (unpaired) electrons. The standard InChI is InChI=1S/C17H15N3OS/c1-21-14-9-7-12(8-10-14)15-11-19-20(17(18)22)16(15)13-5-3-2-4-6-13/h2-11H,1H3,(H2,18,22). The van der Waals surface area contributed by atoms with Gasteiger partial charge in [0.15, 0.2) is 5.11 Å². The largest absolute Gasteiger partial charge is 0.497 e. The lowest BCUT2D eigenvalue weighted by atomic mass is 10.0. The summed E-state index contributed by atoms with van der Waals surface area (Å²) in [5.74, 6) is 0.812. The Balaban J connectivity index is 2.17. The molecule has 0 fully saturated rings. The second-order valence-corrected chi connectivity index (χ2v) is 5.17. The lowest BCUT2D eigenvalue weighted by Crippen LogP contribution is -2.21. The lowest BCUT2D eigenvalue weighted by molar-refractivity contribution is 0.415. The maximum atomic E-state index is 5.80. The van der Waals surface area contributed by atoms with Crippen LogP contribution in [-0.4, -0.2) is 22.0 Å². The van der Waals surface area contributed by atoms with Crippen molar-refractivity contribution in [2.75, 3.05) is 7.11 Å². The van der Waals surface area contributed by atoms with Gasteiger partial charge in [-0.1, -0.05) is 42.5 Å². The summed E-state index contributed by atoms with van der Waals surface area (Å²) >= 11 is 5.11. The van der Waals surface area contributed by atoms with Crippen molar-refractivity contribution in [2.24, 2.45) is 5.73 Å². The normalized spacial score (nSPS) is 10.4. The predicted molar refractivity (Wildman–Crippen MR) is 91.8 cm³/mol. The number of ether oxygens (including phenoxy) is 1. The van der Waals surface area contributed by atoms with E-state index in [0.29, 0.717) is 0 Å². The van der Waals surface area contributed by atoms with Gasteiger partial charge in [0.05, 0.1) is 19.0 Å². The molecule has 0 aliphatic heterocycles. The highest BCUT2D eigenvalue weighted by molar-refractivity contribution is 7.80. The molecule has 1 aromatic heterocycles. The third kappa shape index (κ3) is 2.58. The van der Waals surface area contributed by atoms with Crippen molar-refractivity contribution in [2.45, 2.75) is 0 Å². The van der Waals surface area contributed by atoms with Gasteiger partial charge >= 0.3 is 0 Å². The van der Waals surface area contributed by atoms with Crippen molar-refractivity contribution in [3.8, 4) is 28.1 Å². The Morgan fingerprint density at radius 1 is 1.05 bits per heavy atom. The van der Waals surface area contributed by atoms with Crippen molar-refractivity contribution < 1.29 is 4.74 Å². The zero-order valence-corrected chi connectivity index (χ0v) is 12.9. The number of benzene rings is 2. The SMILES string of the molecule is COc1ccc(-c2cnn(C(N)=S)c2-c2ccccc2)cc1. The van der Waals surface area contributed by atoms with Crippen LogP contribution in [0.25, 0.3) is 22.4 Å². The van der Waals surface area contributed by atoms with Gasteiger partial charge in [0.2, 0.25) is 0 Å². The predicted octanol–water partition coefficient (Wildman–Crippen LogP) is 3.32. The van der Waals surface area contributed by atoms with Crippen molar-refractivity contribution in [1.82, 2.24) is 9.78 Å². The van der Waals surface area contributed by atoms with E-state index in [9.17, 15) is 0 Å². The van der Waals surface area contributed by atoms with E-state index in [1.807, 2.05) is 54.6 Å². The molecule has 0 bridgehead atoms. The van der Waals surface area contributed by atoms with Crippen LogP contribution in [0.15, 0.2) is 60.8 Å². The Hall–Kier alpha value is -2.66. The van der Waals surface area contributed by atoms with E-state index in [1.54, 1.807) is 18.0 Å². The lowest BCUT2D eigenvalue weighted by Gasteiger charge is -2.09. The van der Waals surface area contributed by atoms with E-state index in [0.717, 1.165) is 28.1 Å². The molecule has 0 spiro atoms. The van der Waals surface area contributed by atoms with Gasteiger partial charge in [-0.05, 0) is 29.9 Å². The second kappa shape index (κ2) is 5.99. The van der Waals surface area contributed by atoms with Crippen LogP contribution in [-0.2, 0) is 0 Å². The molecule has 0 aliphatic carbocycles. The van der Waals surface area contributed by atoms with Gasteiger partial charge in [0.25, 0.3) is 0 Å². The maximum absolute atomic E-state index is 5.80. The first-order chi connectivity index (χ1) is 10.7. The first-order valence-corrected chi connectivity index (χ1v) is 7.19. The van der Waals surface area contributed by atoms with E-state index >= 15 is 0 Å². The molecule has 1 heterocycles. The quantitative estimate of drug-likeness (QED) is 0.754. The van der Waals surface area contributed by atoms with Crippen molar-refractivity contribution in [3.63, 3.8) is 0 Å². The van der Waals surface area contributed by atoms with Gasteiger partial charge < -0.3 is 10.5 Å². The monoisotopic (exact) mass is 309 g/mol. The average molecular weight is 309 g/mol. The number of aromatic nitrogens is 2. The molecule has 0 amide bonds. The molecule has 5 heteroatoms. The minimum Gasteiger partial charge on any atom is -0.497 e. The van der Waals surface area contributed by atoms with Crippen LogP contribution in [0.4, 0.5) is 0 Å². The molecule has 4 nitrogen and oxygen atoms in total. The van der Waals surface area contributed by atoms with Gasteiger partial charge in [-0.25, -0.2) is 4.68 Å². The molecule has 3 aromatic rings. The zero-order valence-electron chi connectivity index (χ0n) is 12.1. The molecule has 0 aliphatic rings. The fraction of sp³-hybridized carbons (Fsp3) is 0.0588. The highest BCUT2D eigenvalue weighted by atomic mass is 32.1. The van der Waals surface area contributed by atoms with Gasteiger partial charge in [-0.15, -0.1) is 0 Å². The van der Waals surface area contributed by atoms with Crippen molar-refractivity contribution in [3.05, 3.63) is 60.8 Å². The highest BCUT2D eigenvalue weighted by Gasteiger charge is 2.16. The third-order valence-electron chi connectivity index (χ3n) is 3.43. The molecule has 0 saturated heterocycles. The number of nitrogens with two attached hydrogens (primary N) is 1. The molecule has 0 unspecified atom stereocenters. The first-order valence-electron chi connectivity index (χ1n) is 6.78. The summed E-state index contributed by atoms with van der Waals surface area (Å²) in [5.41, 5.74) is 9.70. The van der Waals surface area contributed by atoms with E-state index < -0.39 is 0 Å². The minimum atomic E-state index is 0.221. The number of hydrogen-bond donors (Lipinski definition) is 1. The summed E-state index contributed by atoms with van der Waals surface area (Å²) < 4.78 is 6.79. The van der Waals surface area contributed by atoms with Crippen LogP contribution in [0.3, 0.4) is 0 Å². The first kappa shape index (κ1) is 14.3. The number of thiocarbonyl (C=S) groups is 1. The fourth-order valence-electron chi connectivity index (χ4n) is 2.37. The molecule has 3 rings (SSSR count). The van der Waals surface area contributed by atoms with Crippen LogP contribution in [0, 0.1) is 0 Å². The number of rotatable bonds is 3. The van der Waals surface area contributed by atoms with Gasteiger partial charge in [-0.3, -0.25) is 0 Å².